The molecule has 0 unspecified atom stereocenters. The molecule has 1 aromatic rings. The Morgan fingerprint density at radius 1 is 1.45 bits per heavy atom. The van der Waals surface area contributed by atoms with Crippen molar-refractivity contribution in [3.8, 4) is 0 Å². The van der Waals surface area contributed by atoms with Crippen molar-refractivity contribution in [2.45, 2.75) is 46.7 Å². The van der Waals surface area contributed by atoms with Gasteiger partial charge in [0.1, 0.15) is 0 Å². The minimum atomic E-state index is -0.893. The molecule has 1 amide bonds. The van der Waals surface area contributed by atoms with Gasteiger partial charge in [-0.25, -0.2) is 0 Å². The van der Waals surface area contributed by atoms with Crippen LogP contribution < -0.4 is 0 Å². The van der Waals surface area contributed by atoms with Crippen molar-refractivity contribution in [2.24, 2.45) is 5.92 Å². The predicted molar refractivity (Wildman–Crippen MR) is 73.2 cm³/mol. The predicted octanol–water partition coefficient (Wildman–Crippen LogP) is 1.34. The zero-order valence-electron chi connectivity index (χ0n) is 12.2. The second-order valence-corrected chi connectivity index (χ2v) is 5.39. The monoisotopic (exact) mass is 279 g/mol. The lowest BCUT2D eigenvalue weighted by atomic mass is 10.1. The average Bonchev–Trinajstić information content (AvgIpc) is 2.87. The number of rotatable bonds is 5. The van der Waals surface area contributed by atoms with E-state index in [2.05, 4.69) is 12.0 Å². The van der Waals surface area contributed by atoms with E-state index in [1.807, 2.05) is 18.5 Å². The zero-order chi connectivity index (χ0) is 14.9. The average molecular weight is 279 g/mol. The lowest BCUT2D eigenvalue weighted by molar-refractivity contribution is -0.141. The molecule has 0 saturated carbocycles. The molecule has 1 aromatic heterocycles. The largest absolute Gasteiger partial charge is 0.481 e. The van der Waals surface area contributed by atoms with Crippen molar-refractivity contribution in [1.29, 1.82) is 0 Å². The van der Waals surface area contributed by atoms with Gasteiger partial charge in [-0.2, -0.15) is 5.10 Å². The second-order valence-electron chi connectivity index (χ2n) is 5.39. The highest BCUT2D eigenvalue weighted by Crippen LogP contribution is 2.23. The van der Waals surface area contributed by atoms with Crippen LogP contribution in [0.3, 0.4) is 0 Å². The summed E-state index contributed by atoms with van der Waals surface area (Å²) in [4.78, 5) is 24.5. The topological polar surface area (TPSA) is 75.4 Å². The highest BCUT2D eigenvalue weighted by Gasteiger charge is 2.34. The molecule has 0 bridgehead atoms. The molecular formula is C14H21N3O3. The molecule has 1 aliphatic rings. The first kappa shape index (κ1) is 14.6. The smallest absolute Gasteiger partial charge is 0.308 e. The van der Waals surface area contributed by atoms with Crippen molar-refractivity contribution in [3.05, 3.63) is 17.0 Å². The third-order valence-corrected chi connectivity index (χ3v) is 3.88. The van der Waals surface area contributed by atoms with E-state index >= 15 is 0 Å². The van der Waals surface area contributed by atoms with Crippen molar-refractivity contribution in [1.82, 2.24) is 14.7 Å². The molecule has 6 heteroatoms. The molecule has 1 aliphatic heterocycles. The minimum absolute atomic E-state index is 0.0839. The summed E-state index contributed by atoms with van der Waals surface area (Å²) in [6.07, 6.45) is 1.11. The van der Waals surface area contributed by atoms with E-state index < -0.39 is 11.9 Å². The zero-order valence-corrected chi connectivity index (χ0v) is 12.2. The van der Waals surface area contributed by atoms with Gasteiger partial charge in [-0.1, -0.05) is 6.92 Å². The number of carboxylic acid groups (broad SMARTS) is 1. The van der Waals surface area contributed by atoms with Gasteiger partial charge in [-0.05, 0) is 20.3 Å². The number of aliphatic carboxylic acids is 1. The van der Waals surface area contributed by atoms with Gasteiger partial charge in [0.2, 0.25) is 5.91 Å². The van der Waals surface area contributed by atoms with Crippen LogP contribution in [0, 0.1) is 19.8 Å². The number of aromatic nitrogens is 2. The summed E-state index contributed by atoms with van der Waals surface area (Å²) in [6.45, 7) is 7.65. The molecular weight excluding hydrogens is 258 g/mol. The Balaban J connectivity index is 2.14. The number of aryl methyl sites for hydroxylation is 2. The summed E-state index contributed by atoms with van der Waals surface area (Å²) in [5, 5.41) is 13.5. The van der Waals surface area contributed by atoms with Crippen LogP contribution >= 0.6 is 0 Å². The molecule has 1 N–H and O–H groups in total. The molecule has 0 aromatic carbocycles. The highest BCUT2D eigenvalue weighted by molar-refractivity contribution is 5.86. The summed E-state index contributed by atoms with van der Waals surface area (Å²) in [5.41, 5.74) is 3.02. The first-order chi connectivity index (χ1) is 9.43. The van der Waals surface area contributed by atoms with Gasteiger partial charge in [-0.15, -0.1) is 0 Å². The van der Waals surface area contributed by atoms with Gasteiger partial charge in [-0.3, -0.25) is 14.3 Å². The normalized spacial score (nSPS) is 18.9. The fraction of sp³-hybridized carbons (Fsp3) is 0.643. The summed E-state index contributed by atoms with van der Waals surface area (Å²) in [6, 6.07) is 0. The Labute approximate surface area is 118 Å². The highest BCUT2D eigenvalue weighted by atomic mass is 16.4. The maximum Gasteiger partial charge on any atom is 0.308 e. The first-order valence-corrected chi connectivity index (χ1v) is 6.97. The number of carbonyl (C=O) groups excluding carboxylic acids is 1. The molecule has 0 spiro atoms. The Kier molecular flexibility index (Phi) is 4.11. The lowest BCUT2D eigenvalue weighted by Gasteiger charge is -2.16. The maximum atomic E-state index is 11.9. The molecule has 20 heavy (non-hydrogen) atoms. The number of hydrogen-bond acceptors (Lipinski definition) is 3. The summed E-state index contributed by atoms with van der Waals surface area (Å²) < 4.78 is 1.96. The van der Waals surface area contributed by atoms with Crippen molar-refractivity contribution in [2.75, 3.05) is 6.54 Å². The first-order valence-electron chi connectivity index (χ1n) is 6.97. The third-order valence-electron chi connectivity index (χ3n) is 3.88. The number of nitrogens with zero attached hydrogens (tertiary/aromatic N) is 3. The number of likely N-dealkylation sites (tertiary alicyclic amines) is 1. The van der Waals surface area contributed by atoms with Gasteiger partial charge in [0.05, 0.1) is 11.6 Å². The minimum Gasteiger partial charge on any atom is -0.481 e. The molecule has 0 aliphatic carbocycles. The number of amides is 1. The number of hydrogen-bond donors (Lipinski definition) is 1. The lowest BCUT2D eigenvalue weighted by Crippen LogP contribution is -2.26. The quantitative estimate of drug-likeness (QED) is 0.882. The molecule has 110 valence electrons. The van der Waals surface area contributed by atoms with Crippen LogP contribution in [0.2, 0.25) is 0 Å². The van der Waals surface area contributed by atoms with Gasteiger partial charge >= 0.3 is 5.97 Å². The molecule has 2 rings (SSSR count). The Hall–Kier alpha value is -1.85. The molecule has 6 nitrogen and oxygen atoms in total. The Morgan fingerprint density at radius 3 is 2.70 bits per heavy atom. The van der Waals surface area contributed by atoms with Gasteiger partial charge in [0.15, 0.2) is 0 Å². The number of carbonyl (C=O) groups is 2. The maximum absolute atomic E-state index is 11.9. The van der Waals surface area contributed by atoms with Crippen LogP contribution in [0.25, 0.3) is 0 Å². The van der Waals surface area contributed by atoms with Crippen LogP contribution in [0.5, 0.6) is 0 Å². The van der Waals surface area contributed by atoms with E-state index in [0.717, 1.165) is 29.9 Å². The van der Waals surface area contributed by atoms with Gasteiger partial charge in [0.25, 0.3) is 0 Å². The standard InChI is InChI=1S/C14H21N3O3/c1-4-5-17-10(3)12(9(2)15-17)8-16-7-11(14(19)20)6-13(16)18/h11H,4-8H2,1-3H3,(H,19,20)/t11-/m0/s1. The van der Waals surface area contributed by atoms with E-state index in [-0.39, 0.29) is 12.3 Å². The Bertz CT molecular complexity index is 536. The molecule has 1 atom stereocenters. The molecule has 1 saturated heterocycles. The van der Waals surface area contributed by atoms with E-state index in [4.69, 9.17) is 5.11 Å². The second kappa shape index (κ2) is 5.64. The molecule has 0 radical (unpaired) electrons. The van der Waals surface area contributed by atoms with Crippen LogP contribution in [0.1, 0.15) is 36.7 Å². The van der Waals surface area contributed by atoms with Gasteiger partial charge < -0.3 is 10.0 Å². The van der Waals surface area contributed by atoms with E-state index in [1.165, 1.54) is 0 Å². The van der Waals surface area contributed by atoms with Crippen LogP contribution in [-0.4, -0.2) is 38.2 Å². The SMILES string of the molecule is CCCn1nc(C)c(CN2C[C@@H](C(=O)O)CC2=O)c1C. The van der Waals surface area contributed by atoms with E-state index in [1.54, 1.807) is 4.90 Å². The molecule has 2 heterocycles. The van der Waals surface area contributed by atoms with Crippen molar-refractivity contribution in [3.63, 3.8) is 0 Å². The van der Waals surface area contributed by atoms with Gasteiger partial charge in [0, 0.05) is 37.3 Å². The van der Waals surface area contributed by atoms with Crippen LogP contribution in [-0.2, 0) is 22.7 Å². The Morgan fingerprint density at radius 2 is 2.15 bits per heavy atom. The summed E-state index contributed by atoms with van der Waals surface area (Å²) in [5.74, 6) is -1.55. The van der Waals surface area contributed by atoms with Crippen molar-refractivity contribution >= 4 is 11.9 Å². The van der Waals surface area contributed by atoms with Crippen molar-refractivity contribution < 1.29 is 14.7 Å². The fourth-order valence-electron chi connectivity index (χ4n) is 2.67. The van der Waals surface area contributed by atoms with E-state index in [9.17, 15) is 9.59 Å². The van der Waals surface area contributed by atoms with Crippen LogP contribution in [0.4, 0.5) is 0 Å². The van der Waals surface area contributed by atoms with Crippen LogP contribution in [0.15, 0.2) is 0 Å². The summed E-state index contributed by atoms with van der Waals surface area (Å²) >= 11 is 0. The molecule has 1 fully saturated rings. The number of carboxylic acids is 1. The summed E-state index contributed by atoms with van der Waals surface area (Å²) in [7, 11) is 0. The fourth-order valence-corrected chi connectivity index (χ4v) is 2.67. The van der Waals surface area contributed by atoms with E-state index in [0.29, 0.717) is 13.1 Å². The third kappa shape index (κ3) is 2.69.